The summed E-state index contributed by atoms with van der Waals surface area (Å²) in [5.74, 6) is -2.24. The Morgan fingerprint density at radius 3 is 2.14 bits per heavy atom. The van der Waals surface area contributed by atoms with E-state index in [-0.39, 0.29) is 17.0 Å². The molecule has 7 heteroatoms. The van der Waals surface area contributed by atoms with Crippen molar-refractivity contribution in [2.75, 3.05) is 19.7 Å². The van der Waals surface area contributed by atoms with Crippen molar-refractivity contribution in [2.45, 2.75) is 12.8 Å². The fourth-order valence-electron chi connectivity index (χ4n) is 2.92. The van der Waals surface area contributed by atoms with Crippen molar-refractivity contribution in [1.29, 1.82) is 0 Å². The van der Waals surface area contributed by atoms with Gasteiger partial charge in [-0.2, -0.15) is 0 Å². The Morgan fingerprint density at radius 1 is 0.964 bits per heavy atom. The molecule has 0 unspecified atom stereocenters. The van der Waals surface area contributed by atoms with Gasteiger partial charge >= 0.3 is 5.97 Å². The van der Waals surface area contributed by atoms with Gasteiger partial charge in [-0.05, 0) is 23.6 Å². The molecule has 1 heterocycles. The number of fused-ring (bicyclic) bond motifs is 1. The van der Waals surface area contributed by atoms with Gasteiger partial charge in [0.05, 0.1) is 11.1 Å². The Morgan fingerprint density at radius 2 is 1.54 bits per heavy atom. The third-order valence-electron chi connectivity index (χ3n) is 4.50. The molecule has 0 radical (unpaired) electrons. The van der Waals surface area contributed by atoms with Crippen LogP contribution in [0.3, 0.4) is 0 Å². The normalized spacial score (nSPS) is 13.8. The predicted molar refractivity (Wildman–Crippen MR) is 101 cm³/mol. The first-order valence-corrected chi connectivity index (χ1v) is 8.90. The summed E-state index contributed by atoms with van der Waals surface area (Å²) >= 11 is 0. The van der Waals surface area contributed by atoms with Crippen molar-refractivity contribution in [2.24, 2.45) is 0 Å². The van der Waals surface area contributed by atoms with Crippen molar-refractivity contribution in [1.82, 2.24) is 10.2 Å². The standard InChI is InChI=1S/C21H20N2O5/c1-14(15-7-3-2-4-8-15)11-22-18(24)13-28-19(25)12-23-20(26)16-9-5-6-10-17(16)21(23)27/h2-10,14H,11-13H2,1H3,(H,22,24)/t14-/m1/s1. The van der Waals surface area contributed by atoms with Gasteiger partial charge in [-0.25, -0.2) is 0 Å². The SMILES string of the molecule is C[C@H](CNC(=O)COC(=O)CN1C(=O)c2ccccc2C1=O)c1ccccc1. The van der Waals surface area contributed by atoms with Crippen LogP contribution in [0.1, 0.15) is 39.1 Å². The zero-order valence-corrected chi connectivity index (χ0v) is 15.4. The lowest BCUT2D eigenvalue weighted by molar-refractivity contribution is -0.148. The molecule has 0 fully saturated rings. The van der Waals surface area contributed by atoms with Crippen LogP contribution in [0.4, 0.5) is 0 Å². The minimum absolute atomic E-state index is 0.110. The summed E-state index contributed by atoms with van der Waals surface area (Å²) in [5.41, 5.74) is 1.60. The summed E-state index contributed by atoms with van der Waals surface area (Å²) in [6.07, 6.45) is 0. The van der Waals surface area contributed by atoms with E-state index in [0.717, 1.165) is 10.5 Å². The summed E-state index contributed by atoms with van der Waals surface area (Å²) in [4.78, 5) is 49.1. The Kier molecular flexibility index (Phi) is 5.84. The molecule has 0 aliphatic carbocycles. The Bertz CT molecular complexity index is 875. The summed E-state index contributed by atoms with van der Waals surface area (Å²) < 4.78 is 4.90. The van der Waals surface area contributed by atoms with Crippen molar-refractivity contribution >= 4 is 23.7 Å². The molecule has 0 bridgehead atoms. The lowest BCUT2D eigenvalue weighted by Gasteiger charge is -2.14. The fourth-order valence-corrected chi connectivity index (χ4v) is 2.92. The number of nitrogens with one attached hydrogen (secondary N) is 1. The molecule has 0 aromatic heterocycles. The summed E-state index contributed by atoms with van der Waals surface area (Å²) in [6.45, 7) is 1.38. The van der Waals surface area contributed by atoms with Crippen molar-refractivity contribution in [3.05, 3.63) is 71.3 Å². The van der Waals surface area contributed by atoms with Gasteiger partial charge in [0, 0.05) is 6.54 Å². The third-order valence-corrected chi connectivity index (χ3v) is 4.50. The highest BCUT2D eigenvalue weighted by Gasteiger charge is 2.36. The van der Waals surface area contributed by atoms with Gasteiger partial charge in [-0.3, -0.25) is 24.1 Å². The van der Waals surface area contributed by atoms with Crippen molar-refractivity contribution in [3.8, 4) is 0 Å². The van der Waals surface area contributed by atoms with E-state index in [1.807, 2.05) is 37.3 Å². The average Bonchev–Trinajstić information content (AvgIpc) is 2.96. The zero-order chi connectivity index (χ0) is 20.1. The number of carbonyl (C=O) groups excluding carboxylic acids is 4. The largest absolute Gasteiger partial charge is 0.454 e. The van der Waals surface area contributed by atoms with E-state index in [1.165, 1.54) is 12.1 Å². The molecule has 3 rings (SSSR count). The molecule has 0 saturated heterocycles. The van der Waals surface area contributed by atoms with E-state index in [1.54, 1.807) is 12.1 Å². The van der Waals surface area contributed by atoms with Crippen LogP contribution in [-0.2, 0) is 14.3 Å². The van der Waals surface area contributed by atoms with Crippen LogP contribution < -0.4 is 5.32 Å². The van der Waals surface area contributed by atoms with Crippen LogP contribution in [-0.4, -0.2) is 48.3 Å². The van der Waals surface area contributed by atoms with Crippen LogP contribution in [0, 0.1) is 0 Å². The second-order valence-electron chi connectivity index (χ2n) is 6.52. The van der Waals surface area contributed by atoms with Crippen LogP contribution >= 0.6 is 0 Å². The fraction of sp³-hybridized carbons (Fsp3) is 0.238. The molecule has 7 nitrogen and oxygen atoms in total. The Balaban J connectivity index is 1.44. The highest BCUT2D eigenvalue weighted by Crippen LogP contribution is 2.22. The van der Waals surface area contributed by atoms with Gasteiger partial charge in [0.15, 0.2) is 6.61 Å². The number of ether oxygens (including phenoxy) is 1. The van der Waals surface area contributed by atoms with E-state index in [4.69, 9.17) is 4.74 Å². The molecule has 144 valence electrons. The predicted octanol–water partition coefficient (Wildman–Crippen LogP) is 1.75. The molecule has 0 spiro atoms. The van der Waals surface area contributed by atoms with Crippen LogP contribution in [0.15, 0.2) is 54.6 Å². The van der Waals surface area contributed by atoms with Gasteiger partial charge in [-0.15, -0.1) is 0 Å². The van der Waals surface area contributed by atoms with Crippen LogP contribution in [0.5, 0.6) is 0 Å². The van der Waals surface area contributed by atoms with Crippen LogP contribution in [0.25, 0.3) is 0 Å². The smallest absolute Gasteiger partial charge is 0.326 e. The molecule has 1 aliphatic rings. The lowest BCUT2D eigenvalue weighted by Crippen LogP contribution is -2.37. The molecule has 3 amide bonds. The number of imide groups is 1. The number of carbonyl (C=O) groups is 4. The van der Waals surface area contributed by atoms with Gasteiger partial charge in [-0.1, -0.05) is 49.4 Å². The number of rotatable bonds is 7. The number of hydrogen-bond donors (Lipinski definition) is 1. The lowest BCUT2D eigenvalue weighted by atomic mass is 10.0. The molecule has 28 heavy (non-hydrogen) atoms. The molecule has 1 aliphatic heterocycles. The summed E-state index contributed by atoms with van der Waals surface area (Å²) in [5, 5.41) is 2.70. The van der Waals surface area contributed by atoms with E-state index in [9.17, 15) is 19.2 Å². The first kappa shape index (κ1) is 19.3. The monoisotopic (exact) mass is 380 g/mol. The quantitative estimate of drug-likeness (QED) is 0.583. The maximum Gasteiger partial charge on any atom is 0.326 e. The molecule has 1 atom stereocenters. The molecule has 2 aromatic carbocycles. The van der Waals surface area contributed by atoms with E-state index in [2.05, 4.69) is 5.32 Å². The van der Waals surface area contributed by atoms with Gasteiger partial charge in [0.2, 0.25) is 0 Å². The number of nitrogens with zero attached hydrogens (tertiary/aromatic N) is 1. The average molecular weight is 380 g/mol. The second-order valence-corrected chi connectivity index (χ2v) is 6.52. The minimum atomic E-state index is -0.819. The van der Waals surface area contributed by atoms with Gasteiger partial charge in [0.1, 0.15) is 6.54 Å². The van der Waals surface area contributed by atoms with Gasteiger partial charge < -0.3 is 10.1 Å². The highest BCUT2D eigenvalue weighted by molar-refractivity contribution is 6.22. The Labute approximate surface area is 162 Å². The minimum Gasteiger partial charge on any atom is -0.454 e. The zero-order valence-electron chi connectivity index (χ0n) is 15.4. The molecule has 2 aromatic rings. The maximum atomic E-state index is 12.2. The molecular formula is C21H20N2O5. The molecule has 0 saturated carbocycles. The number of hydrogen-bond acceptors (Lipinski definition) is 5. The Hall–Kier alpha value is -3.48. The van der Waals surface area contributed by atoms with Crippen LogP contribution in [0.2, 0.25) is 0 Å². The van der Waals surface area contributed by atoms with Crippen molar-refractivity contribution in [3.63, 3.8) is 0 Å². The summed E-state index contributed by atoms with van der Waals surface area (Å²) in [6, 6.07) is 16.1. The van der Waals surface area contributed by atoms with E-state index < -0.39 is 36.8 Å². The summed E-state index contributed by atoms with van der Waals surface area (Å²) in [7, 11) is 0. The highest BCUT2D eigenvalue weighted by atomic mass is 16.5. The number of esters is 1. The maximum absolute atomic E-state index is 12.2. The molecule has 1 N–H and O–H groups in total. The first-order valence-electron chi connectivity index (χ1n) is 8.90. The van der Waals surface area contributed by atoms with Crippen molar-refractivity contribution < 1.29 is 23.9 Å². The number of benzene rings is 2. The van der Waals surface area contributed by atoms with E-state index >= 15 is 0 Å². The second kappa shape index (κ2) is 8.47. The number of amides is 3. The topological polar surface area (TPSA) is 92.8 Å². The van der Waals surface area contributed by atoms with E-state index in [0.29, 0.717) is 6.54 Å². The van der Waals surface area contributed by atoms with Gasteiger partial charge in [0.25, 0.3) is 17.7 Å². The first-order chi connectivity index (χ1) is 13.5. The molecular weight excluding hydrogens is 360 g/mol. The third kappa shape index (κ3) is 4.25.